The molecule has 2 aromatic carbocycles. The molecule has 3 rings (SSSR count). The van der Waals surface area contributed by atoms with E-state index in [4.69, 9.17) is 14.9 Å². The van der Waals surface area contributed by atoms with Crippen molar-refractivity contribution in [2.45, 2.75) is 13.0 Å². The smallest absolute Gasteiger partial charge is 0.414 e. The number of carbonyl (C=O) groups excluding carboxylic acids is 1. The second-order valence-electron chi connectivity index (χ2n) is 7.62. The molecule has 0 unspecified atom stereocenters. The molecule has 1 heterocycles. The van der Waals surface area contributed by atoms with Crippen molar-refractivity contribution in [2.24, 2.45) is 0 Å². The van der Waals surface area contributed by atoms with Crippen LogP contribution in [0.5, 0.6) is 5.75 Å². The van der Waals surface area contributed by atoms with E-state index < -0.39 is 23.4 Å². The van der Waals surface area contributed by atoms with E-state index in [1.807, 2.05) is 0 Å². The number of halogens is 2. The number of nitrogen functional groups attached to an aromatic ring is 1. The number of carbonyl (C=O) groups is 1. The van der Waals surface area contributed by atoms with Crippen LogP contribution in [0.1, 0.15) is 16.7 Å². The summed E-state index contributed by atoms with van der Waals surface area (Å²) in [6.07, 6.45) is -0.847. The predicted molar refractivity (Wildman–Crippen MR) is 113 cm³/mol. The summed E-state index contributed by atoms with van der Waals surface area (Å²) < 4.78 is 39.6. The van der Waals surface area contributed by atoms with Crippen LogP contribution < -0.4 is 16.1 Å². The summed E-state index contributed by atoms with van der Waals surface area (Å²) in [5.41, 5.74) is 5.88. The van der Waals surface area contributed by atoms with Crippen molar-refractivity contribution in [2.75, 3.05) is 33.9 Å². The van der Waals surface area contributed by atoms with E-state index in [0.29, 0.717) is 10.9 Å². The molecule has 0 spiro atoms. The molecule has 9 heteroatoms. The number of benzene rings is 2. The normalized spacial score (nSPS) is 11.2. The second-order valence-corrected chi connectivity index (χ2v) is 7.62. The van der Waals surface area contributed by atoms with Gasteiger partial charge in [0.25, 0.3) is 0 Å². The zero-order valence-electron chi connectivity index (χ0n) is 17.7. The Morgan fingerprint density at radius 2 is 1.84 bits per heavy atom. The third kappa shape index (κ3) is 4.66. The van der Waals surface area contributed by atoms with Gasteiger partial charge in [-0.15, -0.1) is 0 Å². The molecule has 0 aliphatic heterocycles. The molecule has 31 heavy (non-hydrogen) atoms. The summed E-state index contributed by atoms with van der Waals surface area (Å²) in [5, 5.41) is 0.328. The number of hydrogen-bond donors (Lipinski definition) is 1. The second kappa shape index (κ2) is 8.73. The molecule has 0 atom stereocenters. The average Bonchev–Trinajstić information content (AvgIpc) is 2.68. The minimum atomic E-state index is -0.794. The molecule has 3 aromatic rings. The van der Waals surface area contributed by atoms with E-state index in [0.717, 1.165) is 17.0 Å². The Hall–Kier alpha value is -3.46. The maximum Gasteiger partial charge on any atom is 0.414 e. The summed E-state index contributed by atoms with van der Waals surface area (Å²) in [5.74, 6) is -1.77. The first-order chi connectivity index (χ1) is 14.6. The van der Waals surface area contributed by atoms with E-state index in [1.165, 1.54) is 26.2 Å². The maximum atomic E-state index is 14.7. The summed E-state index contributed by atoms with van der Waals surface area (Å²) >= 11 is 0. The summed E-state index contributed by atoms with van der Waals surface area (Å²) in [6, 6.07) is 6.85. The zero-order valence-corrected chi connectivity index (χ0v) is 17.7. The van der Waals surface area contributed by atoms with Gasteiger partial charge in [-0.25, -0.2) is 18.4 Å². The Labute approximate surface area is 177 Å². The third-order valence-electron chi connectivity index (χ3n) is 4.69. The molecule has 164 valence electrons. The molecule has 0 saturated carbocycles. The van der Waals surface area contributed by atoms with E-state index in [-0.39, 0.29) is 41.1 Å². The van der Waals surface area contributed by atoms with Crippen LogP contribution in [0.3, 0.4) is 0 Å². The van der Waals surface area contributed by atoms with Gasteiger partial charge >= 0.3 is 11.7 Å². The van der Waals surface area contributed by atoms with Crippen molar-refractivity contribution >= 4 is 22.7 Å². The fourth-order valence-corrected chi connectivity index (χ4v) is 3.17. The third-order valence-corrected chi connectivity index (χ3v) is 4.69. The number of fused-ring (bicyclic) bond motifs is 1. The summed E-state index contributed by atoms with van der Waals surface area (Å²) in [7, 11) is 6.49. The van der Waals surface area contributed by atoms with Gasteiger partial charge in [-0.3, -0.25) is 0 Å². The number of anilines is 1. The van der Waals surface area contributed by atoms with Gasteiger partial charge in [0, 0.05) is 44.1 Å². The highest BCUT2D eigenvalue weighted by atomic mass is 19.1. The van der Waals surface area contributed by atoms with Crippen molar-refractivity contribution in [3.8, 4) is 5.75 Å². The molecule has 1 aromatic heterocycles. The van der Waals surface area contributed by atoms with Crippen LogP contribution in [-0.4, -0.2) is 44.1 Å². The number of nitrogens with zero attached hydrogens (tertiary/aromatic N) is 2. The lowest BCUT2D eigenvalue weighted by Gasteiger charge is -2.17. The van der Waals surface area contributed by atoms with Crippen molar-refractivity contribution in [1.82, 2.24) is 9.80 Å². The molecular weight excluding hydrogens is 408 g/mol. The lowest BCUT2D eigenvalue weighted by molar-refractivity contribution is 0.170. The van der Waals surface area contributed by atoms with Gasteiger partial charge in [-0.1, -0.05) is 12.1 Å². The van der Waals surface area contributed by atoms with E-state index in [2.05, 4.69) is 0 Å². The first-order valence-corrected chi connectivity index (χ1v) is 9.43. The molecule has 7 nitrogen and oxygen atoms in total. The van der Waals surface area contributed by atoms with Crippen LogP contribution in [0.2, 0.25) is 0 Å². The monoisotopic (exact) mass is 431 g/mol. The predicted octanol–water partition coefficient (Wildman–Crippen LogP) is 3.37. The highest BCUT2D eigenvalue weighted by Crippen LogP contribution is 2.30. The Morgan fingerprint density at radius 1 is 1.13 bits per heavy atom. The van der Waals surface area contributed by atoms with Crippen molar-refractivity contribution in [3.63, 3.8) is 0 Å². The quantitative estimate of drug-likeness (QED) is 0.492. The van der Waals surface area contributed by atoms with Gasteiger partial charge < -0.3 is 24.7 Å². The Kier molecular flexibility index (Phi) is 6.26. The number of rotatable bonds is 5. The molecule has 0 saturated heterocycles. The molecule has 0 radical (unpaired) electrons. The van der Waals surface area contributed by atoms with E-state index in [1.54, 1.807) is 25.1 Å². The zero-order chi connectivity index (χ0) is 22.9. The average molecular weight is 431 g/mol. The highest BCUT2D eigenvalue weighted by molar-refractivity contribution is 5.84. The molecule has 0 bridgehead atoms. The van der Waals surface area contributed by atoms with E-state index in [9.17, 15) is 18.4 Å². The molecule has 0 aliphatic rings. The van der Waals surface area contributed by atoms with E-state index >= 15 is 0 Å². The van der Waals surface area contributed by atoms with Gasteiger partial charge in [0.2, 0.25) is 0 Å². The highest BCUT2D eigenvalue weighted by Gasteiger charge is 2.21. The number of hydrogen-bond acceptors (Lipinski definition) is 6. The van der Waals surface area contributed by atoms with Crippen molar-refractivity contribution < 1.29 is 22.7 Å². The van der Waals surface area contributed by atoms with Gasteiger partial charge in [0.1, 0.15) is 11.4 Å². The maximum absolute atomic E-state index is 14.7. The topological polar surface area (TPSA) is 89.0 Å². The molecule has 1 amide bonds. The fraction of sp³-hybridized carbons (Fsp3) is 0.273. The fourth-order valence-electron chi connectivity index (χ4n) is 3.17. The van der Waals surface area contributed by atoms with Gasteiger partial charge in [-0.05, 0) is 37.4 Å². The van der Waals surface area contributed by atoms with Gasteiger partial charge in [0.15, 0.2) is 11.6 Å². The minimum absolute atomic E-state index is 0.0322. The summed E-state index contributed by atoms with van der Waals surface area (Å²) in [4.78, 5) is 27.5. The van der Waals surface area contributed by atoms with Crippen molar-refractivity contribution in [1.29, 1.82) is 0 Å². The Bertz CT molecular complexity index is 1210. The van der Waals surface area contributed by atoms with Crippen LogP contribution in [0.15, 0.2) is 39.5 Å². The first kappa shape index (κ1) is 22.2. The van der Waals surface area contributed by atoms with Crippen molar-refractivity contribution in [3.05, 3.63) is 69.1 Å². The Balaban J connectivity index is 2.19. The van der Waals surface area contributed by atoms with Crippen LogP contribution in [0.4, 0.5) is 19.3 Å². The lowest BCUT2D eigenvalue weighted by atomic mass is 9.97. The standard InChI is InChI=1S/C22H23F2N3O4/c1-26(2)11-15-13-9-16(23)19(31-22(29)27(3)4)10-18(13)30-21(28)14(15)8-12-6-5-7-17(25)20(12)24/h5-7,9-10H,8,11,25H2,1-4H3. The van der Waals surface area contributed by atoms with Gasteiger partial charge in [0.05, 0.1) is 5.69 Å². The largest absolute Gasteiger partial charge is 0.422 e. The van der Waals surface area contributed by atoms with Crippen LogP contribution in [0, 0.1) is 11.6 Å². The molecular formula is C22H23F2N3O4. The Morgan fingerprint density at radius 3 is 2.48 bits per heavy atom. The van der Waals surface area contributed by atoms with Crippen LogP contribution in [0.25, 0.3) is 11.0 Å². The lowest BCUT2D eigenvalue weighted by Crippen LogP contribution is -2.25. The SMILES string of the molecule is CN(C)Cc1c(Cc2cccc(N)c2F)c(=O)oc2cc(OC(=O)N(C)C)c(F)cc12. The van der Waals surface area contributed by atoms with Crippen LogP contribution in [-0.2, 0) is 13.0 Å². The van der Waals surface area contributed by atoms with Crippen LogP contribution >= 0.6 is 0 Å². The van der Waals surface area contributed by atoms with Gasteiger partial charge in [-0.2, -0.15) is 0 Å². The molecule has 0 fully saturated rings. The summed E-state index contributed by atoms with van der Waals surface area (Å²) in [6.45, 7) is 0.275. The molecule has 2 N–H and O–H groups in total. The first-order valence-electron chi connectivity index (χ1n) is 9.43. The molecule has 0 aliphatic carbocycles. The number of amides is 1. The number of ether oxygens (including phenoxy) is 1. The minimum Gasteiger partial charge on any atom is -0.422 e. The number of nitrogens with two attached hydrogens (primary N) is 1.